The van der Waals surface area contributed by atoms with Gasteiger partial charge in [-0.3, -0.25) is 0 Å². The van der Waals surface area contributed by atoms with Crippen LogP contribution in [-0.4, -0.2) is 29.7 Å². The molecule has 1 aromatic rings. The Morgan fingerprint density at radius 2 is 1.89 bits per heavy atom. The molecule has 3 unspecified atom stereocenters. The van der Waals surface area contributed by atoms with E-state index in [0.29, 0.717) is 21.9 Å². The number of nitrogens with zero attached hydrogens (tertiary/aromatic N) is 1. The van der Waals surface area contributed by atoms with E-state index >= 15 is 0 Å². The van der Waals surface area contributed by atoms with E-state index in [2.05, 4.69) is 13.0 Å². The molecule has 0 N–H and O–H groups in total. The Bertz CT molecular complexity index is 700. The molecule has 1 heterocycles. The van der Waals surface area contributed by atoms with Crippen LogP contribution in [0.3, 0.4) is 0 Å². The molecule has 3 atom stereocenters. The minimum Gasteiger partial charge on any atom is -0.444 e. The van der Waals surface area contributed by atoms with E-state index in [1.807, 2.05) is 37.8 Å². The van der Waals surface area contributed by atoms with Crippen LogP contribution >= 0.6 is 23.2 Å². The summed E-state index contributed by atoms with van der Waals surface area (Å²) in [7, 11) is 0. The van der Waals surface area contributed by atoms with E-state index in [1.165, 1.54) is 18.4 Å². The third-order valence-electron chi connectivity index (χ3n) is 6.21. The second-order valence-corrected chi connectivity index (χ2v) is 10.3. The molecule has 3 rings (SSSR count). The normalized spacial score (nSPS) is 29.0. The highest BCUT2D eigenvalue weighted by molar-refractivity contribution is 6.42. The van der Waals surface area contributed by atoms with E-state index < -0.39 is 5.60 Å². The van der Waals surface area contributed by atoms with Gasteiger partial charge in [0.2, 0.25) is 0 Å². The van der Waals surface area contributed by atoms with Gasteiger partial charge in [-0.15, -0.1) is 0 Å². The van der Waals surface area contributed by atoms with Gasteiger partial charge in [-0.1, -0.05) is 49.0 Å². The molecule has 0 bridgehead atoms. The second-order valence-electron chi connectivity index (χ2n) is 9.46. The van der Waals surface area contributed by atoms with E-state index in [1.54, 1.807) is 0 Å². The van der Waals surface area contributed by atoms with Crippen LogP contribution in [0.2, 0.25) is 10.0 Å². The molecule has 0 aromatic heterocycles. The predicted molar refractivity (Wildman–Crippen MR) is 112 cm³/mol. The molecular weight excluding hydrogens is 381 g/mol. The van der Waals surface area contributed by atoms with Gasteiger partial charge in [0.15, 0.2) is 0 Å². The van der Waals surface area contributed by atoms with Crippen LogP contribution in [-0.2, 0) is 4.74 Å². The van der Waals surface area contributed by atoms with Gasteiger partial charge < -0.3 is 9.64 Å². The van der Waals surface area contributed by atoms with Crippen molar-refractivity contribution in [1.82, 2.24) is 4.90 Å². The molecule has 1 saturated heterocycles. The Morgan fingerprint density at radius 3 is 2.56 bits per heavy atom. The molecule has 27 heavy (non-hydrogen) atoms. The van der Waals surface area contributed by atoms with E-state index in [9.17, 15) is 4.79 Å². The van der Waals surface area contributed by atoms with Gasteiger partial charge in [-0.2, -0.15) is 0 Å². The Kier molecular flexibility index (Phi) is 6.03. The Balaban J connectivity index is 1.87. The van der Waals surface area contributed by atoms with Crippen LogP contribution in [0.5, 0.6) is 0 Å². The summed E-state index contributed by atoms with van der Waals surface area (Å²) in [6.07, 6.45) is 5.51. The number of carbonyl (C=O) groups excluding carboxylic acids is 1. The van der Waals surface area contributed by atoms with Crippen molar-refractivity contribution in [2.45, 2.75) is 71.3 Å². The maximum Gasteiger partial charge on any atom is 0.410 e. The van der Waals surface area contributed by atoms with Crippen LogP contribution < -0.4 is 0 Å². The second kappa shape index (κ2) is 7.83. The lowest BCUT2D eigenvalue weighted by Crippen LogP contribution is -2.38. The number of carbonyl (C=O) groups is 1. The van der Waals surface area contributed by atoms with Gasteiger partial charge in [0, 0.05) is 13.1 Å². The summed E-state index contributed by atoms with van der Waals surface area (Å²) in [5, 5.41) is 1.21. The van der Waals surface area contributed by atoms with E-state index in [4.69, 9.17) is 27.9 Å². The number of benzene rings is 1. The molecule has 1 aromatic carbocycles. The molecule has 1 spiro atoms. The number of halogens is 2. The minimum absolute atomic E-state index is 0.0961. The minimum atomic E-state index is -0.464. The average molecular weight is 412 g/mol. The first kappa shape index (κ1) is 20.8. The number of amides is 1. The topological polar surface area (TPSA) is 29.5 Å². The SMILES string of the molecule is CC1CCC(c2ccc(Cl)c(Cl)c2)C2(CC1)CCN(C(=O)OC(C)(C)C)C2. The highest BCUT2D eigenvalue weighted by atomic mass is 35.5. The molecule has 1 amide bonds. The number of ether oxygens (including phenoxy) is 1. The van der Waals surface area contributed by atoms with Crippen LogP contribution in [0.4, 0.5) is 4.79 Å². The maximum atomic E-state index is 12.6. The number of hydrogen-bond acceptors (Lipinski definition) is 2. The first-order valence-corrected chi connectivity index (χ1v) is 10.8. The van der Waals surface area contributed by atoms with Crippen molar-refractivity contribution in [1.29, 1.82) is 0 Å². The van der Waals surface area contributed by atoms with Crippen LogP contribution in [0.15, 0.2) is 18.2 Å². The van der Waals surface area contributed by atoms with Gasteiger partial charge in [0.05, 0.1) is 10.0 Å². The van der Waals surface area contributed by atoms with Gasteiger partial charge in [-0.25, -0.2) is 4.79 Å². The highest BCUT2D eigenvalue weighted by Gasteiger charge is 2.47. The van der Waals surface area contributed by atoms with Crippen molar-refractivity contribution >= 4 is 29.3 Å². The Hall–Kier alpha value is -0.930. The standard InChI is InChI=1S/C22H31Cl2NO2/c1-15-5-7-17(16-6-8-18(23)19(24)13-16)22(10-9-15)11-12-25(14-22)20(26)27-21(2,3)4/h6,8,13,15,17H,5,7,9-12,14H2,1-4H3. The fraction of sp³-hybridized carbons (Fsp3) is 0.682. The van der Waals surface area contributed by atoms with Crippen LogP contribution in [0, 0.1) is 11.3 Å². The number of hydrogen-bond donors (Lipinski definition) is 0. The molecule has 2 fully saturated rings. The number of rotatable bonds is 1. The molecule has 1 aliphatic heterocycles. The molecular formula is C22H31Cl2NO2. The molecule has 1 saturated carbocycles. The Morgan fingerprint density at radius 1 is 1.15 bits per heavy atom. The quantitative estimate of drug-likeness (QED) is 0.501. The van der Waals surface area contributed by atoms with Crippen molar-refractivity contribution in [2.24, 2.45) is 11.3 Å². The summed E-state index contributed by atoms with van der Waals surface area (Å²) in [5.74, 6) is 1.11. The fourth-order valence-electron chi connectivity index (χ4n) is 4.73. The zero-order valence-corrected chi connectivity index (χ0v) is 18.4. The van der Waals surface area contributed by atoms with Crippen molar-refractivity contribution < 1.29 is 9.53 Å². The van der Waals surface area contributed by atoms with Crippen molar-refractivity contribution in [3.05, 3.63) is 33.8 Å². The monoisotopic (exact) mass is 411 g/mol. The van der Waals surface area contributed by atoms with Crippen LogP contribution in [0.25, 0.3) is 0 Å². The maximum absolute atomic E-state index is 12.6. The lowest BCUT2D eigenvalue weighted by atomic mass is 9.68. The zero-order chi connectivity index (χ0) is 19.8. The summed E-state index contributed by atoms with van der Waals surface area (Å²) >= 11 is 12.5. The fourth-order valence-corrected chi connectivity index (χ4v) is 5.03. The summed E-state index contributed by atoms with van der Waals surface area (Å²) in [6.45, 7) is 9.62. The van der Waals surface area contributed by atoms with Crippen molar-refractivity contribution in [3.8, 4) is 0 Å². The van der Waals surface area contributed by atoms with E-state index in [-0.39, 0.29) is 11.5 Å². The van der Waals surface area contributed by atoms with E-state index in [0.717, 1.165) is 32.4 Å². The summed E-state index contributed by atoms with van der Waals surface area (Å²) < 4.78 is 5.63. The third-order valence-corrected chi connectivity index (χ3v) is 6.94. The van der Waals surface area contributed by atoms with Crippen molar-refractivity contribution in [3.63, 3.8) is 0 Å². The third kappa shape index (κ3) is 4.74. The lowest BCUT2D eigenvalue weighted by molar-refractivity contribution is 0.0263. The summed E-state index contributed by atoms with van der Waals surface area (Å²) in [4.78, 5) is 14.6. The van der Waals surface area contributed by atoms with Gasteiger partial charge in [0.1, 0.15) is 5.60 Å². The zero-order valence-electron chi connectivity index (χ0n) is 16.9. The molecule has 150 valence electrons. The van der Waals surface area contributed by atoms with Gasteiger partial charge in [0.25, 0.3) is 0 Å². The molecule has 2 aliphatic rings. The Labute approximate surface area is 173 Å². The van der Waals surface area contributed by atoms with Gasteiger partial charge >= 0.3 is 6.09 Å². The average Bonchev–Trinajstić information content (AvgIpc) is 2.93. The summed E-state index contributed by atoms with van der Waals surface area (Å²) in [6, 6.07) is 6.05. The lowest BCUT2D eigenvalue weighted by Gasteiger charge is -2.37. The predicted octanol–water partition coefficient (Wildman–Crippen LogP) is 6.91. The molecule has 3 nitrogen and oxygen atoms in total. The smallest absolute Gasteiger partial charge is 0.410 e. The first-order valence-electron chi connectivity index (χ1n) is 10.0. The summed E-state index contributed by atoms with van der Waals surface area (Å²) in [5.41, 5.74) is 0.886. The number of likely N-dealkylation sites (tertiary alicyclic amines) is 1. The molecule has 5 heteroatoms. The largest absolute Gasteiger partial charge is 0.444 e. The van der Waals surface area contributed by atoms with Crippen molar-refractivity contribution in [2.75, 3.05) is 13.1 Å². The molecule has 0 radical (unpaired) electrons. The van der Waals surface area contributed by atoms with Gasteiger partial charge in [-0.05, 0) is 75.0 Å². The molecule has 1 aliphatic carbocycles. The first-order chi connectivity index (χ1) is 12.6. The van der Waals surface area contributed by atoms with Crippen LogP contribution in [0.1, 0.15) is 71.3 Å². The highest BCUT2D eigenvalue weighted by Crippen LogP contribution is 2.53.